The molecule has 218 valence electrons. The molecule has 0 saturated heterocycles. The number of hydrogen-bond acceptors (Lipinski definition) is 5. The molecule has 0 amide bonds. The molecule has 0 unspecified atom stereocenters. The summed E-state index contributed by atoms with van der Waals surface area (Å²) in [7, 11) is 0. The second-order valence-electron chi connectivity index (χ2n) is 13.0. The highest BCUT2D eigenvalue weighted by Gasteiger charge is 2.27. The van der Waals surface area contributed by atoms with Crippen LogP contribution < -0.4 is 0 Å². The maximum absolute atomic E-state index is 9.40. The van der Waals surface area contributed by atoms with Crippen molar-refractivity contribution in [2.75, 3.05) is 6.61 Å². The molecular weight excluding hydrogens is 496 g/mol. The minimum Gasteiger partial charge on any atom is -0.361 e. The van der Waals surface area contributed by atoms with Gasteiger partial charge in [0.2, 0.25) is 0 Å². The summed E-state index contributed by atoms with van der Waals surface area (Å²) in [6, 6.07) is 4.58. The highest BCUT2D eigenvalue weighted by Crippen LogP contribution is 2.36. The van der Waals surface area contributed by atoms with Gasteiger partial charge in [0.05, 0.1) is 30.4 Å². The molecule has 1 saturated carbocycles. The predicted octanol–water partition coefficient (Wildman–Crippen LogP) is 8.86. The average Bonchev–Trinajstić information content (AvgIpc) is 3.71. The summed E-state index contributed by atoms with van der Waals surface area (Å²) in [6.45, 7) is 8.29. The zero-order chi connectivity index (χ0) is 28.2. The van der Waals surface area contributed by atoms with Gasteiger partial charge in [0.25, 0.3) is 0 Å². The Bertz CT molecular complexity index is 1190. The van der Waals surface area contributed by atoms with Crippen molar-refractivity contribution in [3.8, 4) is 17.3 Å². The first kappa shape index (κ1) is 30.2. The van der Waals surface area contributed by atoms with Crippen LogP contribution in [0.2, 0.25) is 0 Å². The van der Waals surface area contributed by atoms with E-state index < -0.39 is 0 Å². The first-order valence-corrected chi connectivity index (χ1v) is 15.8. The molecule has 0 aromatic carbocycles. The van der Waals surface area contributed by atoms with Crippen molar-refractivity contribution in [3.05, 3.63) is 31.0 Å². The Hall–Kier alpha value is -2.72. The van der Waals surface area contributed by atoms with Gasteiger partial charge in [0.15, 0.2) is 0 Å². The first-order chi connectivity index (χ1) is 19.5. The fourth-order valence-electron chi connectivity index (χ4n) is 6.15. The molecule has 3 aromatic rings. The van der Waals surface area contributed by atoms with Gasteiger partial charge in [0.1, 0.15) is 18.7 Å². The Morgan fingerprint density at radius 3 is 2.40 bits per heavy atom. The number of nitriles is 1. The van der Waals surface area contributed by atoms with Crippen molar-refractivity contribution in [2.24, 2.45) is 11.3 Å². The average molecular weight is 547 g/mol. The summed E-state index contributed by atoms with van der Waals surface area (Å²) in [4.78, 5) is 9.15. The topological polar surface area (TPSA) is 81.5 Å². The minimum atomic E-state index is 0.139. The van der Waals surface area contributed by atoms with Gasteiger partial charge in [0, 0.05) is 30.0 Å². The highest BCUT2D eigenvalue weighted by atomic mass is 16.5. The molecule has 4 rings (SSSR count). The molecule has 0 radical (unpaired) electrons. The third kappa shape index (κ3) is 8.89. The minimum absolute atomic E-state index is 0.139. The first-order valence-electron chi connectivity index (χ1n) is 15.8. The van der Waals surface area contributed by atoms with Gasteiger partial charge in [-0.25, -0.2) is 9.97 Å². The smallest absolute Gasteiger partial charge is 0.145 e. The van der Waals surface area contributed by atoms with Crippen molar-refractivity contribution in [1.29, 1.82) is 5.26 Å². The number of aromatic nitrogens is 5. The largest absolute Gasteiger partial charge is 0.361 e. The maximum atomic E-state index is 9.40. The zero-order valence-electron chi connectivity index (χ0n) is 25.2. The van der Waals surface area contributed by atoms with E-state index in [9.17, 15) is 5.26 Å². The molecule has 0 N–H and O–H groups in total. The molecule has 1 atom stereocenters. The van der Waals surface area contributed by atoms with Crippen LogP contribution in [-0.4, -0.2) is 30.9 Å². The van der Waals surface area contributed by atoms with Crippen LogP contribution in [0.3, 0.4) is 0 Å². The third-order valence-corrected chi connectivity index (χ3v) is 8.46. The van der Waals surface area contributed by atoms with E-state index in [1.54, 1.807) is 6.33 Å². The Labute approximate surface area is 241 Å². The molecule has 7 nitrogen and oxygen atoms in total. The number of unbranched alkanes of at least 4 members (excludes halogenated alkanes) is 8. The molecule has 1 fully saturated rings. The van der Waals surface area contributed by atoms with Crippen LogP contribution in [0.5, 0.6) is 0 Å². The summed E-state index contributed by atoms with van der Waals surface area (Å²) in [5.41, 5.74) is 3.21. The molecular formula is C33H50N6O. The van der Waals surface area contributed by atoms with Crippen molar-refractivity contribution in [1.82, 2.24) is 24.3 Å². The summed E-state index contributed by atoms with van der Waals surface area (Å²) >= 11 is 0. The lowest BCUT2D eigenvalue weighted by Crippen LogP contribution is -2.17. The van der Waals surface area contributed by atoms with Crippen molar-refractivity contribution < 1.29 is 4.74 Å². The zero-order valence-corrected chi connectivity index (χ0v) is 25.2. The van der Waals surface area contributed by atoms with E-state index in [1.807, 2.05) is 17.1 Å². The van der Waals surface area contributed by atoms with Crippen LogP contribution >= 0.6 is 0 Å². The Morgan fingerprint density at radius 1 is 1.00 bits per heavy atom. The fourth-order valence-corrected chi connectivity index (χ4v) is 6.15. The van der Waals surface area contributed by atoms with Gasteiger partial charge in [-0.05, 0) is 43.1 Å². The summed E-state index contributed by atoms with van der Waals surface area (Å²) in [6.07, 6.45) is 26.2. The van der Waals surface area contributed by atoms with Crippen LogP contribution in [0.15, 0.2) is 31.0 Å². The lowest BCUT2D eigenvalue weighted by molar-refractivity contribution is 0.0763. The van der Waals surface area contributed by atoms with E-state index in [0.717, 1.165) is 35.3 Å². The Kier molecular flexibility index (Phi) is 11.6. The molecule has 7 heteroatoms. The quantitative estimate of drug-likeness (QED) is 0.158. The molecule has 3 aromatic heterocycles. The molecule has 40 heavy (non-hydrogen) atoms. The van der Waals surface area contributed by atoms with Gasteiger partial charge in [-0.1, -0.05) is 85.0 Å². The molecule has 3 heterocycles. The van der Waals surface area contributed by atoms with Crippen molar-refractivity contribution in [2.45, 2.75) is 130 Å². The number of ether oxygens (including phenoxy) is 1. The molecule has 0 bridgehead atoms. The van der Waals surface area contributed by atoms with Crippen molar-refractivity contribution in [3.63, 3.8) is 0 Å². The van der Waals surface area contributed by atoms with Crippen LogP contribution in [-0.2, 0) is 11.5 Å². The molecule has 0 aliphatic heterocycles. The van der Waals surface area contributed by atoms with E-state index >= 15 is 0 Å². The van der Waals surface area contributed by atoms with E-state index in [2.05, 4.69) is 58.7 Å². The van der Waals surface area contributed by atoms with Crippen LogP contribution in [0.25, 0.3) is 22.3 Å². The maximum Gasteiger partial charge on any atom is 0.145 e. The Balaban J connectivity index is 1.18. The van der Waals surface area contributed by atoms with Crippen LogP contribution in [0, 0.1) is 22.7 Å². The van der Waals surface area contributed by atoms with Crippen LogP contribution in [0.1, 0.15) is 123 Å². The summed E-state index contributed by atoms with van der Waals surface area (Å²) in [5.74, 6) is 0.532. The third-order valence-electron chi connectivity index (χ3n) is 8.46. The molecule has 1 aliphatic rings. The Morgan fingerprint density at radius 2 is 1.70 bits per heavy atom. The van der Waals surface area contributed by atoms with Gasteiger partial charge >= 0.3 is 0 Å². The van der Waals surface area contributed by atoms with E-state index in [1.165, 1.54) is 83.5 Å². The van der Waals surface area contributed by atoms with Gasteiger partial charge in [-0.2, -0.15) is 10.4 Å². The number of fused-ring (bicyclic) bond motifs is 1. The SMILES string of the molecule is CC(C)(C)CCCCCCCCCCCOCn1ccc2c(-c3cnn([C@@H](CC#N)C4CCCC4)c3)ncnc21. The predicted molar refractivity (Wildman–Crippen MR) is 162 cm³/mol. The van der Waals surface area contributed by atoms with E-state index in [-0.39, 0.29) is 6.04 Å². The fraction of sp³-hybridized carbons (Fsp3) is 0.697. The second kappa shape index (κ2) is 15.3. The number of nitrogens with zero attached hydrogens (tertiary/aromatic N) is 6. The lowest BCUT2D eigenvalue weighted by Gasteiger charge is -2.21. The summed E-state index contributed by atoms with van der Waals surface area (Å²) < 4.78 is 10.1. The highest BCUT2D eigenvalue weighted by molar-refractivity contribution is 5.90. The molecule has 1 aliphatic carbocycles. The van der Waals surface area contributed by atoms with Gasteiger partial charge < -0.3 is 9.30 Å². The number of rotatable bonds is 17. The van der Waals surface area contributed by atoms with E-state index in [4.69, 9.17) is 4.74 Å². The monoisotopic (exact) mass is 546 g/mol. The van der Waals surface area contributed by atoms with E-state index in [0.29, 0.717) is 24.5 Å². The lowest BCUT2D eigenvalue weighted by atomic mass is 9.89. The number of hydrogen-bond donors (Lipinski definition) is 0. The van der Waals surface area contributed by atoms with Gasteiger partial charge in [-0.15, -0.1) is 0 Å². The standard InChI is InChI=1S/C33H50N6O/c1-33(2,3)19-13-9-7-5-4-6-8-10-14-22-40-26-38-21-18-29-31(35-25-36-32(29)38)28-23-37-39(24-28)30(17-20-34)27-15-11-12-16-27/h18,21,23-25,27,30H,4-17,19,22,26H2,1-3H3/t30-/m0/s1. The van der Waals surface area contributed by atoms with Crippen molar-refractivity contribution >= 4 is 11.0 Å². The molecule has 0 spiro atoms. The second-order valence-corrected chi connectivity index (χ2v) is 13.0. The van der Waals surface area contributed by atoms with Gasteiger partial charge in [-0.3, -0.25) is 4.68 Å². The summed E-state index contributed by atoms with van der Waals surface area (Å²) in [5, 5.41) is 15.1. The van der Waals surface area contributed by atoms with Crippen LogP contribution in [0.4, 0.5) is 0 Å². The normalized spacial score (nSPS) is 15.2.